The molecule has 0 spiro atoms. The van der Waals surface area contributed by atoms with E-state index in [1.165, 1.54) is 24.1 Å². The second kappa shape index (κ2) is 9.23. The molecule has 1 aromatic carbocycles. The average Bonchev–Trinajstić information content (AvgIpc) is 3.13. The Morgan fingerprint density at radius 2 is 2.00 bits per heavy atom. The fourth-order valence-corrected chi connectivity index (χ4v) is 3.73. The SMILES string of the molecule is CCCOc1cc(OC)nc(NC(=O)c2ccc3c(c2)CN(C2CCC(=O)NC2=O)C3=O)n1. The van der Waals surface area contributed by atoms with Crippen LogP contribution in [0.5, 0.6) is 11.8 Å². The van der Waals surface area contributed by atoms with Crippen LogP contribution in [0.2, 0.25) is 0 Å². The van der Waals surface area contributed by atoms with Gasteiger partial charge in [-0.3, -0.25) is 29.8 Å². The number of carbonyl (C=O) groups is 4. The van der Waals surface area contributed by atoms with E-state index in [1.807, 2.05) is 6.92 Å². The van der Waals surface area contributed by atoms with Gasteiger partial charge < -0.3 is 14.4 Å². The quantitative estimate of drug-likeness (QED) is 0.598. The van der Waals surface area contributed by atoms with Crippen molar-refractivity contribution in [2.24, 2.45) is 0 Å². The summed E-state index contributed by atoms with van der Waals surface area (Å²) in [6.45, 7) is 2.59. The lowest BCUT2D eigenvalue weighted by Crippen LogP contribution is -2.52. The Morgan fingerprint density at radius 3 is 2.73 bits per heavy atom. The third-order valence-corrected chi connectivity index (χ3v) is 5.35. The second-order valence-electron chi connectivity index (χ2n) is 7.65. The van der Waals surface area contributed by atoms with Crippen molar-refractivity contribution >= 4 is 29.6 Å². The van der Waals surface area contributed by atoms with E-state index in [4.69, 9.17) is 9.47 Å². The van der Waals surface area contributed by atoms with Crippen LogP contribution in [-0.2, 0) is 16.1 Å². The van der Waals surface area contributed by atoms with Gasteiger partial charge in [0.1, 0.15) is 6.04 Å². The molecule has 11 nitrogen and oxygen atoms in total. The highest BCUT2D eigenvalue weighted by molar-refractivity contribution is 6.07. The van der Waals surface area contributed by atoms with Crippen molar-refractivity contribution in [3.05, 3.63) is 41.0 Å². The normalized spacial score (nSPS) is 17.5. The Morgan fingerprint density at radius 1 is 1.21 bits per heavy atom. The lowest BCUT2D eigenvalue weighted by molar-refractivity contribution is -0.136. The fraction of sp³-hybridized carbons (Fsp3) is 0.364. The first-order chi connectivity index (χ1) is 15.9. The number of piperidine rings is 1. The minimum absolute atomic E-state index is 0.0206. The summed E-state index contributed by atoms with van der Waals surface area (Å²) in [4.78, 5) is 58.9. The fourth-order valence-electron chi connectivity index (χ4n) is 3.73. The van der Waals surface area contributed by atoms with Crippen molar-refractivity contribution < 1.29 is 28.7 Å². The first-order valence-corrected chi connectivity index (χ1v) is 10.5. The Kier molecular flexibility index (Phi) is 6.20. The summed E-state index contributed by atoms with van der Waals surface area (Å²) in [7, 11) is 1.45. The zero-order valence-electron chi connectivity index (χ0n) is 18.2. The number of carbonyl (C=O) groups excluding carboxylic acids is 4. The van der Waals surface area contributed by atoms with E-state index in [1.54, 1.807) is 12.1 Å². The maximum Gasteiger partial charge on any atom is 0.258 e. The molecule has 0 radical (unpaired) electrons. The lowest BCUT2D eigenvalue weighted by Gasteiger charge is -2.29. The third-order valence-electron chi connectivity index (χ3n) is 5.35. The summed E-state index contributed by atoms with van der Waals surface area (Å²) in [5.41, 5.74) is 1.34. The highest BCUT2D eigenvalue weighted by Crippen LogP contribution is 2.28. The second-order valence-corrected chi connectivity index (χ2v) is 7.65. The van der Waals surface area contributed by atoms with Crippen LogP contribution in [0, 0.1) is 0 Å². The van der Waals surface area contributed by atoms with Crippen LogP contribution in [0.4, 0.5) is 5.95 Å². The Balaban J connectivity index is 1.50. The van der Waals surface area contributed by atoms with E-state index in [0.717, 1.165) is 6.42 Å². The smallest absolute Gasteiger partial charge is 0.258 e. The Hall–Kier alpha value is -4.02. The number of ether oxygens (including phenoxy) is 2. The maximum absolute atomic E-state index is 12.8. The number of hydrogen-bond acceptors (Lipinski definition) is 8. The van der Waals surface area contributed by atoms with Gasteiger partial charge in [-0.1, -0.05) is 6.92 Å². The van der Waals surface area contributed by atoms with Gasteiger partial charge in [0.05, 0.1) is 19.8 Å². The van der Waals surface area contributed by atoms with E-state index in [9.17, 15) is 19.2 Å². The number of anilines is 1. The molecular formula is C22H23N5O6. The molecule has 0 aliphatic carbocycles. The van der Waals surface area contributed by atoms with E-state index in [0.29, 0.717) is 23.3 Å². The number of hydrogen-bond donors (Lipinski definition) is 2. The van der Waals surface area contributed by atoms with Gasteiger partial charge in [-0.25, -0.2) is 0 Å². The molecule has 33 heavy (non-hydrogen) atoms. The lowest BCUT2D eigenvalue weighted by atomic mass is 10.0. The number of aromatic nitrogens is 2. The predicted molar refractivity (Wildman–Crippen MR) is 115 cm³/mol. The molecule has 3 heterocycles. The first-order valence-electron chi connectivity index (χ1n) is 10.5. The monoisotopic (exact) mass is 453 g/mol. The molecule has 1 saturated heterocycles. The number of amides is 4. The summed E-state index contributed by atoms with van der Waals surface area (Å²) in [5, 5.41) is 4.88. The van der Waals surface area contributed by atoms with Crippen molar-refractivity contribution in [1.82, 2.24) is 20.2 Å². The van der Waals surface area contributed by atoms with Gasteiger partial charge in [0, 0.05) is 24.1 Å². The largest absolute Gasteiger partial charge is 0.481 e. The number of rotatable bonds is 7. The minimum atomic E-state index is -0.716. The number of imide groups is 1. The molecular weight excluding hydrogens is 430 g/mol. The molecule has 0 saturated carbocycles. The molecule has 2 aliphatic rings. The van der Waals surface area contributed by atoms with Gasteiger partial charge in [0.25, 0.3) is 11.8 Å². The number of methoxy groups -OCH3 is 1. The van der Waals surface area contributed by atoms with Crippen LogP contribution in [0.25, 0.3) is 0 Å². The van der Waals surface area contributed by atoms with Gasteiger partial charge in [0.15, 0.2) is 0 Å². The van der Waals surface area contributed by atoms with Crippen molar-refractivity contribution in [1.29, 1.82) is 0 Å². The summed E-state index contributed by atoms with van der Waals surface area (Å²) < 4.78 is 10.6. The van der Waals surface area contributed by atoms with E-state index in [-0.39, 0.29) is 48.9 Å². The molecule has 1 aromatic heterocycles. The van der Waals surface area contributed by atoms with Crippen LogP contribution in [0.3, 0.4) is 0 Å². The number of fused-ring (bicyclic) bond motifs is 1. The van der Waals surface area contributed by atoms with E-state index in [2.05, 4.69) is 20.6 Å². The molecule has 172 valence electrons. The number of benzene rings is 1. The highest BCUT2D eigenvalue weighted by Gasteiger charge is 2.39. The topological polar surface area (TPSA) is 140 Å². The zero-order chi connectivity index (χ0) is 23.5. The van der Waals surface area contributed by atoms with Crippen LogP contribution in [-0.4, -0.2) is 58.3 Å². The van der Waals surface area contributed by atoms with E-state index < -0.39 is 17.9 Å². The standard InChI is InChI=1S/C22H23N5O6/c1-3-8-33-18-10-17(32-2)24-22(25-18)26-19(29)12-4-5-14-13(9-12)11-27(21(14)31)15-6-7-16(28)23-20(15)30/h4-5,9-10,15H,3,6-8,11H2,1-2H3,(H,23,28,30)(H,24,25,26,29). The maximum atomic E-state index is 12.8. The minimum Gasteiger partial charge on any atom is -0.481 e. The predicted octanol–water partition coefficient (Wildman–Crippen LogP) is 1.29. The molecule has 1 unspecified atom stereocenters. The molecule has 4 rings (SSSR count). The first kappa shape index (κ1) is 22.2. The summed E-state index contributed by atoms with van der Waals surface area (Å²) >= 11 is 0. The van der Waals surface area contributed by atoms with Crippen molar-refractivity contribution in [2.75, 3.05) is 19.0 Å². The molecule has 4 amide bonds. The molecule has 1 fully saturated rings. The van der Waals surface area contributed by atoms with Crippen LogP contribution in [0.1, 0.15) is 52.5 Å². The Labute approximate surface area is 189 Å². The van der Waals surface area contributed by atoms with Gasteiger partial charge in [-0.2, -0.15) is 9.97 Å². The van der Waals surface area contributed by atoms with E-state index >= 15 is 0 Å². The molecule has 2 N–H and O–H groups in total. The summed E-state index contributed by atoms with van der Waals surface area (Å²) in [6.07, 6.45) is 1.24. The van der Waals surface area contributed by atoms with Crippen molar-refractivity contribution in [3.8, 4) is 11.8 Å². The van der Waals surface area contributed by atoms with Gasteiger partial charge in [0.2, 0.25) is 29.5 Å². The van der Waals surface area contributed by atoms with Gasteiger partial charge in [-0.15, -0.1) is 0 Å². The molecule has 2 aromatic rings. The van der Waals surface area contributed by atoms with Crippen LogP contribution < -0.4 is 20.1 Å². The molecule has 2 aliphatic heterocycles. The number of nitrogens with one attached hydrogen (secondary N) is 2. The van der Waals surface area contributed by atoms with Gasteiger partial charge >= 0.3 is 0 Å². The summed E-state index contributed by atoms with van der Waals surface area (Å²) in [6, 6.07) is 5.49. The highest BCUT2D eigenvalue weighted by atomic mass is 16.5. The third kappa shape index (κ3) is 4.61. The van der Waals surface area contributed by atoms with Crippen LogP contribution >= 0.6 is 0 Å². The molecule has 11 heteroatoms. The van der Waals surface area contributed by atoms with Crippen molar-refractivity contribution in [3.63, 3.8) is 0 Å². The Bertz CT molecular complexity index is 1130. The molecule has 1 atom stereocenters. The van der Waals surface area contributed by atoms with Crippen molar-refractivity contribution in [2.45, 2.75) is 38.8 Å². The zero-order valence-corrected chi connectivity index (χ0v) is 18.2. The summed E-state index contributed by atoms with van der Waals surface area (Å²) in [5.74, 6) is -1.07. The average molecular weight is 453 g/mol. The number of nitrogens with zero attached hydrogens (tertiary/aromatic N) is 3. The molecule has 0 bridgehead atoms. The van der Waals surface area contributed by atoms with Gasteiger partial charge in [-0.05, 0) is 36.6 Å². The van der Waals surface area contributed by atoms with Crippen LogP contribution in [0.15, 0.2) is 24.3 Å².